The molecule has 2 N–H and O–H groups in total. The number of hydrogen-bond donors (Lipinski definition) is 2. The van der Waals surface area contributed by atoms with Gasteiger partial charge in [0.2, 0.25) is 5.91 Å². The lowest BCUT2D eigenvalue weighted by Crippen LogP contribution is -2.48. The second-order valence-corrected chi connectivity index (χ2v) is 7.42. The van der Waals surface area contributed by atoms with Gasteiger partial charge in [-0.05, 0) is 61.0 Å². The first-order valence-corrected chi connectivity index (χ1v) is 10.3. The van der Waals surface area contributed by atoms with Crippen molar-refractivity contribution in [1.82, 2.24) is 10.6 Å². The molecule has 0 aliphatic heterocycles. The molecule has 138 valence electrons. The van der Waals surface area contributed by atoms with E-state index in [1.54, 1.807) is 23.9 Å². The number of nitrogens with one attached hydrogen (secondary N) is 2. The highest BCUT2D eigenvalue weighted by Gasteiger charge is 2.27. The van der Waals surface area contributed by atoms with Crippen LogP contribution in [0.1, 0.15) is 47.0 Å². The first kappa shape index (κ1) is 18.6. The Labute approximate surface area is 157 Å². The molecule has 26 heavy (non-hydrogen) atoms. The Bertz CT molecular complexity index is 745. The van der Waals surface area contributed by atoms with E-state index in [2.05, 4.69) is 22.8 Å². The summed E-state index contributed by atoms with van der Waals surface area (Å²) in [5.74, 6) is 0.508. The molecule has 1 aromatic heterocycles. The predicted octanol–water partition coefficient (Wildman–Crippen LogP) is 3.32. The minimum atomic E-state index is -0.575. The number of carbonyl (C=O) groups is 2. The van der Waals surface area contributed by atoms with Gasteiger partial charge in [0.05, 0.1) is 12.3 Å². The summed E-state index contributed by atoms with van der Waals surface area (Å²) in [6.07, 6.45) is 7.04. The third-order valence-corrected chi connectivity index (χ3v) is 5.31. The van der Waals surface area contributed by atoms with E-state index in [4.69, 9.17) is 4.42 Å². The van der Waals surface area contributed by atoms with Gasteiger partial charge in [0.25, 0.3) is 5.91 Å². The maximum Gasteiger partial charge on any atom is 0.287 e. The van der Waals surface area contributed by atoms with Gasteiger partial charge in [-0.15, -0.1) is 0 Å². The molecule has 0 spiro atoms. The lowest BCUT2D eigenvalue weighted by Gasteiger charge is -2.28. The number of fused-ring (bicyclic) bond motifs is 1. The van der Waals surface area contributed by atoms with Crippen LogP contribution < -0.4 is 10.6 Å². The topological polar surface area (TPSA) is 71.3 Å². The first-order chi connectivity index (χ1) is 12.7. The van der Waals surface area contributed by atoms with E-state index in [1.807, 2.05) is 18.4 Å². The molecule has 2 amide bonds. The Kier molecular flexibility index (Phi) is 6.39. The lowest BCUT2D eigenvalue weighted by molar-refractivity contribution is -0.123. The largest absolute Gasteiger partial charge is 0.459 e. The molecular weight excluding hydrogens is 348 g/mol. The van der Waals surface area contributed by atoms with Crippen molar-refractivity contribution in [2.24, 2.45) is 0 Å². The summed E-state index contributed by atoms with van der Waals surface area (Å²) < 4.78 is 5.13. The zero-order valence-electron chi connectivity index (χ0n) is 14.9. The number of amides is 2. The Balaban J connectivity index is 1.69. The van der Waals surface area contributed by atoms with Gasteiger partial charge < -0.3 is 15.1 Å². The number of aryl methyl sites for hydroxylation is 1. The van der Waals surface area contributed by atoms with Crippen molar-refractivity contribution in [2.75, 3.05) is 12.0 Å². The van der Waals surface area contributed by atoms with Crippen molar-refractivity contribution in [3.05, 3.63) is 59.5 Å². The van der Waals surface area contributed by atoms with Gasteiger partial charge >= 0.3 is 0 Å². The molecule has 0 unspecified atom stereocenters. The maximum atomic E-state index is 12.9. The number of carbonyl (C=O) groups excluding carboxylic acids is 2. The van der Waals surface area contributed by atoms with Crippen molar-refractivity contribution in [3.8, 4) is 0 Å². The van der Waals surface area contributed by atoms with Gasteiger partial charge in [-0.1, -0.05) is 24.3 Å². The minimum Gasteiger partial charge on any atom is -0.459 e. The molecule has 0 bridgehead atoms. The number of furan rings is 1. The number of thioether (sulfide) groups is 1. The molecule has 1 aliphatic rings. The van der Waals surface area contributed by atoms with Gasteiger partial charge in [-0.3, -0.25) is 9.59 Å². The van der Waals surface area contributed by atoms with Crippen molar-refractivity contribution in [3.63, 3.8) is 0 Å². The van der Waals surface area contributed by atoms with E-state index in [1.165, 1.54) is 17.4 Å². The molecule has 0 fully saturated rings. The average molecular weight is 372 g/mol. The second kappa shape index (κ2) is 8.94. The van der Waals surface area contributed by atoms with Crippen LogP contribution in [-0.2, 0) is 11.2 Å². The molecule has 2 aromatic rings. The van der Waals surface area contributed by atoms with Crippen LogP contribution in [0.15, 0.2) is 47.1 Å². The molecular formula is C20H24N2O3S. The van der Waals surface area contributed by atoms with Gasteiger partial charge in [-0.25, -0.2) is 0 Å². The van der Waals surface area contributed by atoms with Crippen molar-refractivity contribution in [1.29, 1.82) is 0 Å². The van der Waals surface area contributed by atoms with Crippen LogP contribution in [0.25, 0.3) is 0 Å². The van der Waals surface area contributed by atoms with E-state index in [0.717, 1.165) is 25.0 Å². The second-order valence-electron chi connectivity index (χ2n) is 6.44. The zero-order chi connectivity index (χ0) is 18.4. The molecule has 0 saturated carbocycles. The maximum absolute atomic E-state index is 12.9. The van der Waals surface area contributed by atoms with Gasteiger partial charge in [-0.2, -0.15) is 11.8 Å². The van der Waals surface area contributed by atoms with Crippen LogP contribution in [0.2, 0.25) is 0 Å². The fraction of sp³-hybridized carbons (Fsp3) is 0.400. The molecule has 1 aromatic carbocycles. The minimum absolute atomic E-state index is 0.00439. The Hall–Kier alpha value is -2.21. The van der Waals surface area contributed by atoms with Crippen molar-refractivity contribution >= 4 is 23.6 Å². The van der Waals surface area contributed by atoms with Crippen LogP contribution in [0.3, 0.4) is 0 Å². The molecule has 3 rings (SSSR count). The standard InChI is InChI=1S/C20H24N2O3S/c1-26-13-11-17(22-20(24)18-10-5-12-25-18)19(23)21-16-9-4-7-14-6-2-3-8-15(14)16/h2-3,5-6,8,10,12,16-17H,4,7,9,11,13H2,1H3,(H,21,23)(H,22,24)/t16-,17-/m1/s1. The van der Waals surface area contributed by atoms with Crippen LogP contribution in [0.5, 0.6) is 0 Å². The van der Waals surface area contributed by atoms with E-state index < -0.39 is 6.04 Å². The third-order valence-electron chi connectivity index (χ3n) is 4.66. The van der Waals surface area contributed by atoms with Gasteiger partial charge in [0, 0.05) is 0 Å². The van der Waals surface area contributed by atoms with Crippen LogP contribution >= 0.6 is 11.8 Å². The molecule has 0 radical (unpaired) electrons. The predicted molar refractivity (Wildman–Crippen MR) is 103 cm³/mol. The van der Waals surface area contributed by atoms with Crippen molar-refractivity contribution < 1.29 is 14.0 Å². The summed E-state index contributed by atoms with van der Waals surface area (Å²) in [5.41, 5.74) is 2.48. The summed E-state index contributed by atoms with van der Waals surface area (Å²) >= 11 is 1.65. The molecule has 6 heteroatoms. The monoisotopic (exact) mass is 372 g/mol. The summed E-state index contributed by atoms with van der Waals surface area (Å²) in [4.78, 5) is 25.1. The first-order valence-electron chi connectivity index (χ1n) is 8.90. The average Bonchev–Trinajstić information content (AvgIpc) is 3.20. The fourth-order valence-electron chi connectivity index (χ4n) is 3.32. The zero-order valence-corrected chi connectivity index (χ0v) is 15.7. The number of hydrogen-bond acceptors (Lipinski definition) is 4. The number of rotatable bonds is 7. The van der Waals surface area contributed by atoms with Gasteiger partial charge in [0.1, 0.15) is 6.04 Å². The molecule has 5 nitrogen and oxygen atoms in total. The summed E-state index contributed by atoms with van der Waals surface area (Å²) in [5, 5.41) is 5.95. The highest BCUT2D eigenvalue weighted by molar-refractivity contribution is 7.98. The summed E-state index contributed by atoms with van der Waals surface area (Å²) in [6, 6.07) is 10.9. The summed E-state index contributed by atoms with van der Waals surface area (Å²) in [6.45, 7) is 0. The Morgan fingerprint density at radius 3 is 2.88 bits per heavy atom. The van der Waals surface area contributed by atoms with E-state index >= 15 is 0 Å². The van der Waals surface area contributed by atoms with E-state index in [9.17, 15) is 9.59 Å². The highest BCUT2D eigenvalue weighted by Crippen LogP contribution is 2.29. The van der Waals surface area contributed by atoms with E-state index in [0.29, 0.717) is 6.42 Å². The quantitative estimate of drug-likeness (QED) is 0.782. The molecule has 2 atom stereocenters. The number of benzene rings is 1. The van der Waals surface area contributed by atoms with Crippen LogP contribution in [0, 0.1) is 0 Å². The fourth-order valence-corrected chi connectivity index (χ4v) is 3.79. The van der Waals surface area contributed by atoms with E-state index in [-0.39, 0.29) is 23.6 Å². The molecule has 0 saturated heterocycles. The van der Waals surface area contributed by atoms with Gasteiger partial charge in [0.15, 0.2) is 5.76 Å². The molecule has 1 aliphatic carbocycles. The lowest BCUT2D eigenvalue weighted by atomic mass is 9.87. The summed E-state index contributed by atoms with van der Waals surface area (Å²) in [7, 11) is 0. The smallest absolute Gasteiger partial charge is 0.287 e. The Morgan fingerprint density at radius 1 is 1.27 bits per heavy atom. The third kappa shape index (κ3) is 4.49. The van der Waals surface area contributed by atoms with Crippen LogP contribution in [0.4, 0.5) is 0 Å². The Morgan fingerprint density at radius 2 is 2.12 bits per heavy atom. The SMILES string of the molecule is CSCC[C@@H](NC(=O)c1ccco1)C(=O)N[C@@H]1CCCc2ccccc21. The van der Waals surface area contributed by atoms with Crippen molar-refractivity contribution in [2.45, 2.75) is 37.8 Å². The highest BCUT2D eigenvalue weighted by atomic mass is 32.2. The normalized spacial score (nSPS) is 17.2. The van der Waals surface area contributed by atoms with Crippen LogP contribution in [-0.4, -0.2) is 29.9 Å². The molecule has 1 heterocycles.